The minimum Gasteiger partial charge on any atom is -0.343 e. The van der Waals surface area contributed by atoms with Crippen molar-refractivity contribution in [3.8, 4) is 0 Å². The van der Waals surface area contributed by atoms with Crippen molar-refractivity contribution in [2.75, 3.05) is 18.4 Å². The molecular formula is C13H17ClF3N5. The molecule has 1 fully saturated rings. The molecular weight excluding hydrogens is 319 g/mol. The van der Waals surface area contributed by atoms with Crippen LogP contribution in [0.4, 0.5) is 18.9 Å². The summed E-state index contributed by atoms with van der Waals surface area (Å²) < 4.78 is 39.6. The largest absolute Gasteiger partial charge is 0.343 e. The molecule has 0 unspecified atom stereocenters. The summed E-state index contributed by atoms with van der Waals surface area (Å²) in [6.45, 7) is 1.41. The van der Waals surface area contributed by atoms with Gasteiger partial charge < -0.3 is 10.2 Å². The van der Waals surface area contributed by atoms with Crippen molar-refractivity contribution in [2.24, 2.45) is 0 Å². The van der Waals surface area contributed by atoms with Crippen LogP contribution in [0.15, 0.2) is 12.1 Å². The zero-order valence-electron chi connectivity index (χ0n) is 11.7. The van der Waals surface area contributed by atoms with E-state index in [0.29, 0.717) is 25.2 Å². The van der Waals surface area contributed by atoms with E-state index in [-0.39, 0.29) is 18.4 Å². The lowest BCUT2D eigenvalue weighted by Gasteiger charge is -2.29. The standard InChI is InChI=1S/C13H16F3N5.ClH/c14-8-6-9(15)11(10(16)7-8)19-12(17)20-13(18)21-4-2-1-3-5-21;/h6-7H,1-5H2,(H4,17,18,19,20);1H. The second-order valence-corrected chi connectivity index (χ2v) is 4.77. The van der Waals surface area contributed by atoms with Crippen LogP contribution in [-0.4, -0.2) is 29.9 Å². The molecule has 0 saturated carbocycles. The molecule has 1 aromatic rings. The van der Waals surface area contributed by atoms with E-state index >= 15 is 0 Å². The molecule has 0 atom stereocenters. The predicted molar refractivity (Wildman–Crippen MR) is 81.2 cm³/mol. The second-order valence-electron chi connectivity index (χ2n) is 4.77. The summed E-state index contributed by atoms with van der Waals surface area (Å²) in [7, 11) is 0. The highest BCUT2D eigenvalue weighted by molar-refractivity contribution is 6.02. The lowest BCUT2D eigenvalue weighted by molar-refractivity contribution is 0.334. The Labute approximate surface area is 132 Å². The zero-order valence-corrected chi connectivity index (χ0v) is 12.5. The second kappa shape index (κ2) is 7.88. The number of guanidine groups is 2. The Hall–Kier alpha value is -1.96. The summed E-state index contributed by atoms with van der Waals surface area (Å²) in [5.74, 6) is -3.76. The molecule has 0 aromatic heterocycles. The quantitative estimate of drug-likeness (QED) is 0.471. The molecule has 0 amide bonds. The van der Waals surface area contributed by atoms with Gasteiger partial charge in [0.25, 0.3) is 0 Å². The van der Waals surface area contributed by atoms with Crippen molar-refractivity contribution in [1.82, 2.24) is 10.2 Å². The Morgan fingerprint density at radius 3 is 2.09 bits per heavy atom. The molecule has 1 aliphatic rings. The molecule has 1 heterocycles. The number of halogens is 4. The van der Waals surface area contributed by atoms with Crippen LogP contribution in [0.3, 0.4) is 0 Å². The maximum Gasteiger partial charge on any atom is 0.199 e. The molecule has 0 spiro atoms. The SMILES string of the molecule is Cl.N=C(NC(=N)N1CCCCC1)Nc1c(F)cc(F)cc1F. The number of rotatable bonds is 1. The van der Waals surface area contributed by atoms with Gasteiger partial charge in [-0.2, -0.15) is 0 Å². The monoisotopic (exact) mass is 335 g/mol. The van der Waals surface area contributed by atoms with Gasteiger partial charge in [0.2, 0.25) is 0 Å². The van der Waals surface area contributed by atoms with Gasteiger partial charge in [-0.25, -0.2) is 13.2 Å². The van der Waals surface area contributed by atoms with E-state index < -0.39 is 29.1 Å². The van der Waals surface area contributed by atoms with Crippen molar-refractivity contribution in [3.05, 3.63) is 29.6 Å². The molecule has 0 bridgehead atoms. The zero-order chi connectivity index (χ0) is 15.4. The lowest BCUT2D eigenvalue weighted by Crippen LogP contribution is -2.47. The highest BCUT2D eigenvalue weighted by atomic mass is 35.5. The topological polar surface area (TPSA) is 75.0 Å². The molecule has 2 rings (SSSR count). The lowest BCUT2D eigenvalue weighted by atomic mass is 10.1. The van der Waals surface area contributed by atoms with Crippen molar-refractivity contribution in [2.45, 2.75) is 19.3 Å². The number of nitrogens with one attached hydrogen (secondary N) is 4. The van der Waals surface area contributed by atoms with E-state index in [1.165, 1.54) is 0 Å². The van der Waals surface area contributed by atoms with Gasteiger partial charge in [0.1, 0.15) is 11.5 Å². The van der Waals surface area contributed by atoms with Gasteiger partial charge in [0, 0.05) is 25.2 Å². The van der Waals surface area contributed by atoms with Crippen LogP contribution in [0.1, 0.15) is 19.3 Å². The number of hydrogen-bond acceptors (Lipinski definition) is 2. The van der Waals surface area contributed by atoms with Crippen molar-refractivity contribution >= 4 is 30.0 Å². The molecule has 22 heavy (non-hydrogen) atoms. The van der Waals surface area contributed by atoms with E-state index in [4.69, 9.17) is 10.8 Å². The molecule has 122 valence electrons. The molecule has 9 heteroatoms. The summed E-state index contributed by atoms with van der Waals surface area (Å²) in [5.41, 5.74) is -0.625. The third-order valence-corrected chi connectivity index (χ3v) is 3.17. The van der Waals surface area contributed by atoms with Crippen LogP contribution in [0, 0.1) is 28.3 Å². The fourth-order valence-corrected chi connectivity index (χ4v) is 2.13. The number of hydrogen-bond donors (Lipinski definition) is 4. The highest BCUT2D eigenvalue weighted by Crippen LogP contribution is 2.19. The molecule has 1 aromatic carbocycles. The summed E-state index contributed by atoms with van der Waals surface area (Å²) in [6.07, 6.45) is 3.03. The fraction of sp³-hybridized carbons (Fsp3) is 0.385. The van der Waals surface area contributed by atoms with E-state index in [0.717, 1.165) is 19.3 Å². The molecule has 1 saturated heterocycles. The van der Waals surface area contributed by atoms with Gasteiger partial charge in [-0.05, 0) is 19.3 Å². The number of nitrogens with zero attached hydrogens (tertiary/aromatic N) is 1. The van der Waals surface area contributed by atoms with Crippen molar-refractivity contribution in [1.29, 1.82) is 10.8 Å². The van der Waals surface area contributed by atoms with Crippen LogP contribution < -0.4 is 10.6 Å². The van der Waals surface area contributed by atoms with E-state index in [1.54, 1.807) is 4.90 Å². The van der Waals surface area contributed by atoms with Crippen molar-refractivity contribution in [3.63, 3.8) is 0 Å². The predicted octanol–water partition coefficient (Wildman–Crippen LogP) is 2.88. The van der Waals surface area contributed by atoms with Gasteiger partial charge in [-0.15, -0.1) is 12.4 Å². The summed E-state index contributed by atoms with van der Waals surface area (Å²) in [6, 6.07) is 1.04. The van der Waals surface area contributed by atoms with E-state index in [9.17, 15) is 13.2 Å². The van der Waals surface area contributed by atoms with Crippen molar-refractivity contribution < 1.29 is 13.2 Å². The molecule has 1 aliphatic heterocycles. The van der Waals surface area contributed by atoms with Crippen LogP contribution >= 0.6 is 12.4 Å². The third kappa shape index (κ3) is 4.52. The first-order valence-electron chi connectivity index (χ1n) is 6.58. The maximum absolute atomic E-state index is 13.4. The average molecular weight is 336 g/mol. The Morgan fingerprint density at radius 2 is 1.55 bits per heavy atom. The normalized spacial score (nSPS) is 14.0. The van der Waals surface area contributed by atoms with Crippen LogP contribution in [0.5, 0.6) is 0 Å². The number of benzene rings is 1. The Kier molecular flexibility index (Phi) is 6.48. The summed E-state index contributed by atoms with van der Waals surface area (Å²) in [5, 5.41) is 20.0. The molecule has 4 N–H and O–H groups in total. The number of likely N-dealkylation sites (tertiary alicyclic amines) is 1. The van der Waals surface area contributed by atoms with E-state index in [1.807, 2.05) is 0 Å². The summed E-state index contributed by atoms with van der Waals surface area (Å²) >= 11 is 0. The minimum absolute atomic E-state index is 0. The highest BCUT2D eigenvalue weighted by Gasteiger charge is 2.16. The Morgan fingerprint density at radius 1 is 1.00 bits per heavy atom. The van der Waals surface area contributed by atoms with Gasteiger partial charge >= 0.3 is 0 Å². The van der Waals surface area contributed by atoms with Crippen LogP contribution in [-0.2, 0) is 0 Å². The maximum atomic E-state index is 13.4. The molecule has 5 nitrogen and oxygen atoms in total. The first-order chi connectivity index (χ1) is 9.97. The smallest absolute Gasteiger partial charge is 0.199 e. The van der Waals surface area contributed by atoms with Gasteiger partial charge in [0.05, 0.1) is 0 Å². The fourth-order valence-electron chi connectivity index (χ4n) is 2.13. The molecule has 0 radical (unpaired) electrons. The first-order valence-corrected chi connectivity index (χ1v) is 6.58. The van der Waals surface area contributed by atoms with Gasteiger partial charge in [-0.1, -0.05) is 0 Å². The minimum atomic E-state index is -1.14. The average Bonchev–Trinajstić information content (AvgIpc) is 2.43. The number of anilines is 1. The number of piperidine rings is 1. The van der Waals surface area contributed by atoms with Gasteiger partial charge in [0.15, 0.2) is 23.6 Å². The van der Waals surface area contributed by atoms with E-state index in [2.05, 4.69) is 10.6 Å². The molecule has 0 aliphatic carbocycles. The Bertz CT molecular complexity index is 538. The summed E-state index contributed by atoms with van der Waals surface area (Å²) in [4.78, 5) is 1.75. The van der Waals surface area contributed by atoms with Gasteiger partial charge in [-0.3, -0.25) is 16.1 Å². The van der Waals surface area contributed by atoms with Crippen LogP contribution in [0.2, 0.25) is 0 Å². The van der Waals surface area contributed by atoms with Crippen LogP contribution in [0.25, 0.3) is 0 Å². The first kappa shape index (κ1) is 18.1. The third-order valence-electron chi connectivity index (χ3n) is 3.17. The Balaban J connectivity index is 0.00000242.